The lowest BCUT2D eigenvalue weighted by Crippen LogP contribution is -2.40. The summed E-state index contributed by atoms with van der Waals surface area (Å²) in [5, 5.41) is 15.1. The van der Waals surface area contributed by atoms with Crippen molar-refractivity contribution in [2.45, 2.75) is 31.6 Å². The molecule has 27 heavy (non-hydrogen) atoms. The van der Waals surface area contributed by atoms with Crippen molar-refractivity contribution >= 4 is 5.91 Å². The first-order valence-electron chi connectivity index (χ1n) is 8.32. The fourth-order valence-corrected chi connectivity index (χ4v) is 2.83. The molecule has 0 radical (unpaired) electrons. The van der Waals surface area contributed by atoms with Gasteiger partial charge in [-0.3, -0.25) is 14.8 Å². The van der Waals surface area contributed by atoms with Gasteiger partial charge in [0.15, 0.2) is 0 Å². The van der Waals surface area contributed by atoms with E-state index >= 15 is 0 Å². The van der Waals surface area contributed by atoms with E-state index < -0.39 is 11.9 Å². The van der Waals surface area contributed by atoms with E-state index in [1.54, 1.807) is 6.07 Å². The molecule has 6 nitrogen and oxygen atoms in total. The lowest BCUT2D eigenvalue weighted by atomic mass is 10.1. The van der Waals surface area contributed by atoms with Gasteiger partial charge in [-0.25, -0.2) is 0 Å². The molecule has 140 valence electrons. The van der Waals surface area contributed by atoms with E-state index in [-0.39, 0.29) is 18.5 Å². The molecule has 1 aliphatic heterocycles. The Kier molecular flexibility index (Phi) is 5.37. The zero-order chi connectivity index (χ0) is 19.4. The Balaban J connectivity index is 1.78. The van der Waals surface area contributed by atoms with Crippen molar-refractivity contribution in [3.8, 4) is 17.3 Å². The van der Waals surface area contributed by atoms with Crippen LogP contribution in [-0.2, 0) is 17.5 Å². The highest BCUT2D eigenvalue weighted by Gasteiger charge is 2.32. The summed E-state index contributed by atoms with van der Waals surface area (Å²) in [6.45, 7) is 0.922. The van der Waals surface area contributed by atoms with Gasteiger partial charge in [-0.15, -0.1) is 0 Å². The summed E-state index contributed by atoms with van der Waals surface area (Å²) in [5.74, 6) is -0.147. The van der Waals surface area contributed by atoms with E-state index in [0.717, 1.165) is 31.6 Å². The minimum Gasteiger partial charge on any atom is -0.351 e. The van der Waals surface area contributed by atoms with Crippen LogP contribution in [0.4, 0.5) is 13.2 Å². The second-order valence-electron chi connectivity index (χ2n) is 6.14. The Morgan fingerprint density at radius 1 is 1.33 bits per heavy atom. The number of halogens is 3. The molecular weight excluding hydrogens is 359 g/mol. The molecule has 0 bridgehead atoms. The summed E-state index contributed by atoms with van der Waals surface area (Å²) in [7, 11) is 0. The first-order chi connectivity index (χ1) is 12.9. The maximum atomic E-state index is 12.6. The number of carbonyl (C=O) groups excluding carboxylic acids is 1. The third-order valence-corrected chi connectivity index (χ3v) is 4.29. The Bertz CT molecular complexity index is 868. The summed E-state index contributed by atoms with van der Waals surface area (Å²) in [5.41, 5.74) is 0.597. The van der Waals surface area contributed by atoms with E-state index in [0.29, 0.717) is 22.4 Å². The first-order valence-corrected chi connectivity index (χ1v) is 8.32. The van der Waals surface area contributed by atoms with Crippen LogP contribution in [0.25, 0.3) is 11.3 Å². The highest BCUT2D eigenvalue weighted by atomic mass is 19.4. The standard InChI is InChI=1S/C18H16F3N5O/c19-18(20,21)16-4-3-11(8-25-16)15-6-12(13(7-22)10-24-15)9-26-17(27)14-2-1-5-23-14/h3-4,6,8,10,14,23H,1-2,5,9H2,(H,26,27). The first kappa shape index (κ1) is 18.8. The normalized spacial score (nSPS) is 16.7. The SMILES string of the molecule is N#Cc1cnc(-c2ccc(C(F)(F)F)nc2)cc1CNC(=O)C1CCCN1. The zero-order valence-corrected chi connectivity index (χ0v) is 14.2. The van der Waals surface area contributed by atoms with Gasteiger partial charge in [-0.1, -0.05) is 0 Å². The topological polar surface area (TPSA) is 90.7 Å². The number of hydrogen-bond acceptors (Lipinski definition) is 5. The van der Waals surface area contributed by atoms with Crippen LogP contribution in [-0.4, -0.2) is 28.5 Å². The summed E-state index contributed by atoms with van der Waals surface area (Å²) < 4.78 is 37.9. The number of amides is 1. The second kappa shape index (κ2) is 7.72. The minimum absolute atomic E-state index is 0.128. The Hall–Kier alpha value is -2.99. The van der Waals surface area contributed by atoms with E-state index in [4.69, 9.17) is 0 Å². The average molecular weight is 375 g/mol. The van der Waals surface area contributed by atoms with Crippen LogP contribution in [0.3, 0.4) is 0 Å². The number of alkyl halides is 3. The highest BCUT2D eigenvalue weighted by molar-refractivity contribution is 5.82. The summed E-state index contributed by atoms with van der Waals surface area (Å²) in [6, 6.07) is 5.49. The lowest BCUT2D eigenvalue weighted by molar-refractivity contribution is -0.141. The number of pyridine rings is 2. The molecule has 3 heterocycles. The minimum atomic E-state index is -4.51. The lowest BCUT2D eigenvalue weighted by Gasteiger charge is -2.12. The van der Waals surface area contributed by atoms with Crippen LogP contribution < -0.4 is 10.6 Å². The maximum Gasteiger partial charge on any atom is 0.433 e. The van der Waals surface area contributed by atoms with Crippen LogP contribution in [0.15, 0.2) is 30.6 Å². The number of aromatic nitrogens is 2. The molecular formula is C18H16F3N5O. The number of nitrogens with one attached hydrogen (secondary N) is 2. The predicted octanol–water partition coefficient (Wildman–Crippen LogP) is 2.40. The van der Waals surface area contributed by atoms with Crippen LogP contribution in [0.1, 0.15) is 29.7 Å². The largest absolute Gasteiger partial charge is 0.433 e. The molecule has 3 rings (SSSR count). The Morgan fingerprint density at radius 2 is 2.15 bits per heavy atom. The average Bonchev–Trinajstić information content (AvgIpc) is 3.20. The third-order valence-electron chi connectivity index (χ3n) is 4.29. The number of hydrogen-bond donors (Lipinski definition) is 2. The van der Waals surface area contributed by atoms with Crippen molar-refractivity contribution in [3.63, 3.8) is 0 Å². The van der Waals surface area contributed by atoms with Crippen molar-refractivity contribution in [2.24, 2.45) is 0 Å². The highest BCUT2D eigenvalue weighted by Crippen LogP contribution is 2.28. The molecule has 1 atom stereocenters. The van der Waals surface area contributed by atoms with Crippen molar-refractivity contribution in [1.29, 1.82) is 5.26 Å². The number of nitriles is 1. The van der Waals surface area contributed by atoms with Gasteiger partial charge in [0.05, 0.1) is 17.3 Å². The number of rotatable bonds is 4. The molecule has 0 aromatic carbocycles. The van der Waals surface area contributed by atoms with E-state index in [1.807, 2.05) is 6.07 Å². The summed E-state index contributed by atoms with van der Waals surface area (Å²) in [4.78, 5) is 19.6. The van der Waals surface area contributed by atoms with Crippen molar-refractivity contribution in [3.05, 3.63) is 47.4 Å². The molecule has 2 N–H and O–H groups in total. The molecule has 9 heteroatoms. The van der Waals surface area contributed by atoms with Gasteiger partial charge in [0.1, 0.15) is 11.8 Å². The molecule has 0 aliphatic carbocycles. The van der Waals surface area contributed by atoms with Crippen molar-refractivity contribution in [2.75, 3.05) is 6.54 Å². The molecule has 0 spiro atoms. The van der Waals surface area contributed by atoms with Crippen molar-refractivity contribution < 1.29 is 18.0 Å². The maximum absolute atomic E-state index is 12.6. The molecule has 2 aromatic heterocycles. The molecule has 1 aliphatic rings. The van der Waals surface area contributed by atoms with Crippen LogP contribution in [0.5, 0.6) is 0 Å². The van der Waals surface area contributed by atoms with Crippen molar-refractivity contribution in [1.82, 2.24) is 20.6 Å². The van der Waals surface area contributed by atoms with E-state index in [2.05, 4.69) is 20.6 Å². The Morgan fingerprint density at radius 3 is 2.74 bits per heavy atom. The monoisotopic (exact) mass is 375 g/mol. The predicted molar refractivity (Wildman–Crippen MR) is 90.1 cm³/mol. The van der Waals surface area contributed by atoms with Gasteiger partial charge in [0.25, 0.3) is 0 Å². The molecule has 0 saturated carbocycles. The molecule has 1 fully saturated rings. The van der Waals surface area contributed by atoms with Gasteiger partial charge in [0, 0.05) is 24.5 Å². The number of nitrogens with zero attached hydrogens (tertiary/aromatic N) is 3. The molecule has 1 saturated heterocycles. The zero-order valence-electron chi connectivity index (χ0n) is 14.2. The third kappa shape index (κ3) is 4.41. The fourth-order valence-electron chi connectivity index (χ4n) is 2.83. The quantitative estimate of drug-likeness (QED) is 0.856. The van der Waals surface area contributed by atoms with Crippen LogP contribution >= 0.6 is 0 Å². The van der Waals surface area contributed by atoms with Gasteiger partial charge in [-0.05, 0) is 43.1 Å². The van der Waals surface area contributed by atoms with E-state index in [1.165, 1.54) is 12.3 Å². The fraction of sp³-hybridized carbons (Fsp3) is 0.333. The molecule has 2 aromatic rings. The van der Waals surface area contributed by atoms with E-state index in [9.17, 15) is 23.2 Å². The second-order valence-corrected chi connectivity index (χ2v) is 6.14. The number of carbonyl (C=O) groups is 1. The van der Waals surface area contributed by atoms with Gasteiger partial charge < -0.3 is 10.6 Å². The van der Waals surface area contributed by atoms with Gasteiger partial charge in [-0.2, -0.15) is 18.4 Å². The molecule has 1 unspecified atom stereocenters. The Labute approximate surface area is 153 Å². The summed E-state index contributed by atoms with van der Waals surface area (Å²) >= 11 is 0. The van der Waals surface area contributed by atoms with Gasteiger partial charge in [0.2, 0.25) is 5.91 Å². The van der Waals surface area contributed by atoms with Crippen LogP contribution in [0.2, 0.25) is 0 Å². The summed E-state index contributed by atoms with van der Waals surface area (Å²) in [6.07, 6.45) is -0.401. The molecule has 1 amide bonds. The van der Waals surface area contributed by atoms with Crippen LogP contribution in [0, 0.1) is 11.3 Å². The van der Waals surface area contributed by atoms with Gasteiger partial charge >= 0.3 is 6.18 Å². The smallest absolute Gasteiger partial charge is 0.351 e.